The average molecular weight is 475 g/mol. The van der Waals surface area contributed by atoms with E-state index in [0.717, 1.165) is 33.6 Å². The van der Waals surface area contributed by atoms with Crippen LogP contribution in [0.2, 0.25) is 0 Å². The number of nitrogens with zero attached hydrogens (tertiary/aromatic N) is 4. The van der Waals surface area contributed by atoms with E-state index < -0.39 is 0 Å². The molecule has 0 atom stereocenters. The first kappa shape index (κ1) is 21.4. The molecule has 2 heterocycles. The van der Waals surface area contributed by atoms with Crippen LogP contribution in [0.3, 0.4) is 0 Å². The summed E-state index contributed by atoms with van der Waals surface area (Å²) in [6.45, 7) is 4.25. The van der Waals surface area contributed by atoms with E-state index in [0.29, 0.717) is 17.9 Å². The van der Waals surface area contributed by atoms with Crippen LogP contribution in [0.4, 0.5) is 0 Å². The van der Waals surface area contributed by atoms with Crippen LogP contribution in [-0.2, 0) is 6.42 Å². The maximum absolute atomic E-state index is 5.40. The van der Waals surface area contributed by atoms with Crippen molar-refractivity contribution in [3.63, 3.8) is 0 Å². The molecule has 1 aliphatic heterocycles. The number of rotatable bonds is 5. The molecule has 152 valence electrons. The molecule has 0 bridgehead atoms. The van der Waals surface area contributed by atoms with Crippen molar-refractivity contribution in [2.45, 2.75) is 25.4 Å². The third-order valence-corrected chi connectivity index (χ3v) is 5.82. The second-order valence-electron chi connectivity index (χ2n) is 6.71. The molecule has 0 aliphatic carbocycles. The Morgan fingerprint density at radius 1 is 0.966 bits per heavy atom. The topological polar surface area (TPSA) is 61.5 Å². The fourth-order valence-electron chi connectivity index (χ4n) is 3.11. The average Bonchev–Trinajstić information content (AvgIpc) is 3.12. The molecule has 8 heteroatoms. The van der Waals surface area contributed by atoms with Crippen LogP contribution in [0.15, 0.2) is 46.7 Å². The zero-order chi connectivity index (χ0) is 19.7. The molecular weight excluding hydrogens is 452 g/mol. The second kappa shape index (κ2) is 9.00. The molecule has 0 fully saturated rings. The molecule has 1 aromatic heterocycles. The number of aromatic nitrogens is 3. The summed E-state index contributed by atoms with van der Waals surface area (Å²) in [6.07, 6.45) is 0.609. The summed E-state index contributed by atoms with van der Waals surface area (Å²) in [6, 6.07) is 12.3. The normalized spacial score (nSPS) is 12.6. The van der Waals surface area contributed by atoms with Crippen molar-refractivity contribution in [2.75, 3.05) is 20.0 Å². The number of aryl methyl sites for hydroxylation is 2. The van der Waals surface area contributed by atoms with Crippen LogP contribution >= 0.6 is 28.7 Å². The molecule has 1 aliphatic rings. The minimum Gasteiger partial charge on any atom is -0.493 e. The fourth-order valence-corrected chi connectivity index (χ4v) is 3.97. The lowest BCUT2D eigenvalue weighted by Gasteiger charge is -2.15. The summed E-state index contributed by atoms with van der Waals surface area (Å²) in [7, 11) is 3.27. The number of fused-ring (bicyclic) bond motifs is 1. The van der Waals surface area contributed by atoms with Crippen molar-refractivity contribution in [3.05, 3.63) is 64.5 Å². The molecule has 0 amide bonds. The van der Waals surface area contributed by atoms with Gasteiger partial charge in [0.25, 0.3) is 0 Å². The van der Waals surface area contributed by atoms with E-state index in [4.69, 9.17) is 14.6 Å². The van der Waals surface area contributed by atoms with Gasteiger partial charge in [-0.1, -0.05) is 30.0 Å². The van der Waals surface area contributed by atoms with Gasteiger partial charge in [-0.3, -0.25) is 0 Å². The quantitative estimate of drug-likeness (QED) is 0.546. The Hall–Kier alpha value is -2.32. The number of hydrogen-bond acceptors (Lipinski definition) is 6. The number of benzene rings is 2. The van der Waals surface area contributed by atoms with Gasteiger partial charge in [-0.2, -0.15) is 9.78 Å². The van der Waals surface area contributed by atoms with E-state index in [1.807, 2.05) is 22.9 Å². The highest BCUT2D eigenvalue weighted by Crippen LogP contribution is 2.30. The number of ether oxygens (including phenoxy) is 2. The summed E-state index contributed by atoms with van der Waals surface area (Å²) < 4.78 is 12.6. The lowest BCUT2D eigenvalue weighted by molar-refractivity contribution is 0.354. The van der Waals surface area contributed by atoms with Gasteiger partial charge < -0.3 is 9.47 Å². The highest BCUT2D eigenvalue weighted by molar-refractivity contribution is 8.93. The molecule has 29 heavy (non-hydrogen) atoms. The van der Waals surface area contributed by atoms with Gasteiger partial charge >= 0.3 is 0 Å². The molecule has 0 N–H and O–H groups in total. The molecule has 3 aromatic rings. The maximum atomic E-state index is 5.40. The van der Waals surface area contributed by atoms with E-state index in [9.17, 15) is 0 Å². The van der Waals surface area contributed by atoms with Crippen LogP contribution in [0.25, 0.3) is 0 Å². The second-order valence-corrected chi connectivity index (χ2v) is 7.65. The van der Waals surface area contributed by atoms with Crippen LogP contribution in [-0.4, -0.2) is 40.6 Å². The first-order valence-electron chi connectivity index (χ1n) is 9.02. The van der Waals surface area contributed by atoms with Gasteiger partial charge in [0, 0.05) is 12.2 Å². The zero-order valence-corrected chi connectivity index (χ0v) is 19.3. The smallest absolute Gasteiger partial charge is 0.212 e. The summed E-state index contributed by atoms with van der Waals surface area (Å²) >= 11 is 1.66. The summed E-state index contributed by atoms with van der Waals surface area (Å²) in [5, 5.41) is 14.3. The van der Waals surface area contributed by atoms with Gasteiger partial charge in [-0.25, -0.2) is 0 Å². The van der Waals surface area contributed by atoms with Crippen molar-refractivity contribution in [1.29, 1.82) is 0 Å². The molecule has 4 rings (SSSR count). The van der Waals surface area contributed by atoms with Gasteiger partial charge in [0.1, 0.15) is 0 Å². The Kier molecular flexibility index (Phi) is 6.64. The Bertz CT molecular complexity index is 1060. The van der Waals surface area contributed by atoms with E-state index in [1.54, 1.807) is 26.0 Å². The van der Waals surface area contributed by atoms with Crippen LogP contribution in [0, 0.1) is 13.8 Å². The van der Waals surface area contributed by atoms with Crippen LogP contribution in [0.1, 0.15) is 28.1 Å². The maximum Gasteiger partial charge on any atom is 0.212 e. The summed E-state index contributed by atoms with van der Waals surface area (Å²) in [5.74, 6) is 3.00. The molecule has 0 saturated heterocycles. The number of halogens is 1. The number of thioether (sulfide) groups is 1. The third-order valence-electron chi connectivity index (χ3n) is 4.89. The van der Waals surface area contributed by atoms with Crippen LogP contribution in [0.5, 0.6) is 11.5 Å². The highest BCUT2D eigenvalue weighted by Gasteiger charge is 2.20. The molecule has 0 saturated carbocycles. The van der Waals surface area contributed by atoms with Gasteiger partial charge in [0.05, 0.1) is 19.9 Å². The molecular formula is C21H23BrN4O2S. The van der Waals surface area contributed by atoms with Gasteiger partial charge in [0.15, 0.2) is 17.3 Å². The summed E-state index contributed by atoms with van der Waals surface area (Å²) in [5.41, 5.74) is 5.80. The monoisotopic (exact) mass is 474 g/mol. The fraction of sp³-hybridized carbons (Fsp3) is 0.286. The number of methoxy groups -OCH3 is 2. The van der Waals surface area contributed by atoms with Crippen molar-refractivity contribution in [3.8, 4) is 11.5 Å². The van der Waals surface area contributed by atoms with Crippen molar-refractivity contribution in [2.24, 2.45) is 5.10 Å². The van der Waals surface area contributed by atoms with Gasteiger partial charge in [-0.05, 0) is 54.3 Å². The van der Waals surface area contributed by atoms with E-state index in [-0.39, 0.29) is 17.0 Å². The standard InChI is InChI=1S/C21H22N4O2S.BrH/c1-13-5-7-16(9-14(13)2)17-12-28-21-23-22-20(25(21)24-17)11-15-6-8-18(26-3)19(10-15)27-4;/h5-10H,11-12H2,1-4H3;1H. The molecule has 0 radical (unpaired) electrons. The minimum atomic E-state index is 0. The lowest BCUT2D eigenvalue weighted by Crippen LogP contribution is -2.15. The first-order chi connectivity index (χ1) is 13.6. The number of hydrogen-bond donors (Lipinski definition) is 0. The van der Waals surface area contributed by atoms with Gasteiger partial charge in [-0.15, -0.1) is 27.2 Å². The molecule has 0 spiro atoms. The first-order valence-corrected chi connectivity index (χ1v) is 10.0. The molecule has 0 unspecified atom stereocenters. The van der Waals surface area contributed by atoms with Crippen molar-refractivity contribution in [1.82, 2.24) is 14.9 Å². The lowest BCUT2D eigenvalue weighted by atomic mass is 10.0. The predicted octanol–water partition coefficient (Wildman–Crippen LogP) is 4.44. The largest absolute Gasteiger partial charge is 0.493 e. The molecule has 6 nitrogen and oxygen atoms in total. The predicted molar refractivity (Wildman–Crippen MR) is 121 cm³/mol. The summed E-state index contributed by atoms with van der Waals surface area (Å²) in [4.78, 5) is 0. The Morgan fingerprint density at radius 3 is 2.48 bits per heavy atom. The SMILES string of the molecule is Br.COc1ccc(Cc2nnc3n2N=C(c2ccc(C)c(C)c2)CS3)cc1OC. The highest BCUT2D eigenvalue weighted by atomic mass is 79.9. The zero-order valence-electron chi connectivity index (χ0n) is 16.8. The Morgan fingerprint density at radius 2 is 1.76 bits per heavy atom. The van der Waals surface area contributed by atoms with E-state index >= 15 is 0 Å². The van der Waals surface area contributed by atoms with Gasteiger partial charge in [0.2, 0.25) is 5.16 Å². The minimum absolute atomic E-state index is 0. The third kappa shape index (κ3) is 4.33. The van der Waals surface area contributed by atoms with Crippen molar-refractivity contribution < 1.29 is 9.47 Å². The van der Waals surface area contributed by atoms with E-state index in [1.165, 1.54) is 11.1 Å². The Labute approximate surface area is 185 Å². The van der Waals surface area contributed by atoms with E-state index in [2.05, 4.69) is 42.2 Å². The molecule has 2 aromatic carbocycles. The van der Waals surface area contributed by atoms with Crippen LogP contribution < -0.4 is 9.47 Å². The Balaban J connectivity index is 0.00000240. The van der Waals surface area contributed by atoms with Crippen molar-refractivity contribution >= 4 is 34.5 Å².